The second-order valence-electron chi connectivity index (χ2n) is 5.26. The molecule has 1 atom stereocenters. The fourth-order valence-electron chi connectivity index (χ4n) is 2.85. The van der Waals surface area contributed by atoms with Gasteiger partial charge in [0.25, 0.3) is 0 Å². The maximum atomic E-state index is 5.78. The second-order valence-corrected chi connectivity index (χ2v) is 5.26. The third kappa shape index (κ3) is 2.93. The molecule has 0 aliphatic heterocycles. The van der Waals surface area contributed by atoms with Gasteiger partial charge in [-0.05, 0) is 50.4 Å². The third-order valence-corrected chi connectivity index (χ3v) is 4.11. The van der Waals surface area contributed by atoms with Gasteiger partial charge in [-0.3, -0.25) is 0 Å². The quantitative estimate of drug-likeness (QED) is 0.818. The van der Waals surface area contributed by atoms with Crippen LogP contribution in [0, 0.1) is 0 Å². The predicted molar refractivity (Wildman–Crippen MR) is 77.6 cm³/mol. The van der Waals surface area contributed by atoms with Crippen molar-refractivity contribution in [2.45, 2.75) is 44.2 Å². The van der Waals surface area contributed by atoms with Crippen molar-refractivity contribution in [2.24, 2.45) is 0 Å². The Morgan fingerprint density at radius 2 is 1.95 bits per heavy atom. The molecule has 0 aromatic heterocycles. The molecule has 3 heteroatoms. The van der Waals surface area contributed by atoms with E-state index in [1.54, 1.807) is 0 Å². The maximum absolute atomic E-state index is 5.78. The molecule has 0 amide bonds. The first-order valence-corrected chi connectivity index (χ1v) is 7.21. The fourth-order valence-corrected chi connectivity index (χ4v) is 2.85. The van der Waals surface area contributed by atoms with E-state index in [1.807, 2.05) is 14.2 Å². The molecule has 1 unspecified atom stereocenters. The van der Waals surface area contributed by atoms with Crippen LogP contribution in [0.5, 0.6) is 5.75 Å². The lowest BCUT2D eigenvalue weighted by Crippen LogP contribution is -2.49. The van der Waals surface area contributed by atoms with Gasteiger partial charge in [-0.25, -0.2) is 0 Å². The van der Waals surface area contributed by atoms with Crippen molar-refractivity contribution in [2.75, 3.05) is 20.8 Å². The van der Waals surface area contributed by atoms with Crippen LogP contribution < -0.4 is 10.1 Å². The smallest absolute Gasteiger partial charge is 0.119 e. The van der Waals surface area contributed by atoms with Crippen molar-refractivity contribution < 1.29 is 9.47 Å². The summed E-state index contributed by atoms with van der Waals surface area (Å²) in [4.78, 5) is 0. The molecule has 1 aromatic rings. The lowest BCUT2D eigenvalue weighted by atomic mass is 9.72. The van der Waals surface area contributed by atoms with Crippen LogP contribution in [0.25, 0.3) is 0 Å². The summed E-state index contributed by atoms with van der Waals surface area (Å²) in [6, 6.07) is 8.65. The van der Waals surface area contributed by atoms with Gasteiger partial charge in [0.2, 0.25) is 0 Å². The Hall–Kier alpha value is -1.06. The van der Waals surface area contributed by atoms with Gasteiger partial charge in [-0.2, -0.15) is 0 Å². The Kier molecular flexibility index (Phi) is 4.83. The van der Waals surface area contributed by atoms with Crippen LogP contribution in [0.3, 0.4) is 0 Å². The predicted octanol–water partition coefficient (Wildman–Crippen LogP) is 3.31. The van der Waals surface area contributed by atoms with Crippen molar-refractivity contribution in [3.05, 3.63) is 29.8 Å². The first-order chi connectivity index (χ1) is 9.25. The summed E-state index contributed by atoms with van der Waals surface area (Å²) in [5.41, 5.74) is 1.24. The maximum Gasteiger partial charge on any atom is 0.119 e. The molecule has 1 aliphatic rings. The Labute approximate surface area is 116 Å². The monoisotopic (exact) mass is 263 g/mol. The highest BCUT2D eigenvalue weighted by atomic mass is 16.5. The van der Waals surface area contributed by atoms with Crippen LogP contribution >= 0.6 is 0 Å². The number of likely N-dealkylation sites (N-methyl/N-ethyl adjacent to an activating group) is 1. The minimum atomic E-state index is -0.0272. The molecule has 0 radical (unpaired) electrons. The largest absolute Gasteiger partial charge is 0.494 e. The first-order valence-electron chi connectivity index (χ1n) is 7.21. The fraction of sp³-hybridized carbons (Fsp3) is 0.625. The van der Waals surface area contributed by atoms with Gasteiger partial charge in [0, 0.05) is 7.11 Å². The molecular weight excluding hydrogens is 238 g/mol. The SMILES string of the molecule is CCCOc1ccc(C(NC)C2(OC)CCC2)cc1. The molecule has 1 fully saturated rings. The number of hydrogen-bond acceptors (Lipinski definition) is 3. The van der Waals surface area contributed by atoms with Crippen LogP contribution in [0.4, 0.5) is 0 Å². The molecule has 0 spiro atoms. The number of rotatable bonds is 7. The molecule has 1 N–H and O–H groups in total. The first kappa shape index (κ1) is 14.4. The third-order valence-electron chi connectivity index (χ3n) is 4.11. The highest BCUT2D eigenvalue weighted by Crippen LogP contribution is 2.44. The molecule has 2 rings (SSSR count). The molecule has 1 saturated carbocycles. The van der Waals surface area contributed by atoms with Crippen LogP contribution in [-0.4, -0.2) is 26.4 Å². The Bertz CT molecular complexity index is 379. The molecule has 106 valence electrons. The van der Waals surface area contributed by atoms with Crippen molar-refractivity contribution in [3.8, 4) is 5.75 Å². The summed E-state index contributed by atoms with van der Waals surface area (Å²) < 4.78 is 11.4. The lowest BCUT2D eigenvalue weighted by molar-refractivity contribution is -0.0983. The zero-order valence-electron chi connectivity index (χ0n) is 12.2. The van der Waals surface area contributed by atoms with Gasteiger partial charge in [0.1, 0.15) is 5.75 Å². The summed E-state index contributed by atoms with van der Waals surface area (Å²) in [7, 11) is 3.83. The van der Waals surface area contributed by atoms with E-state index < -0.39 is 0 Å². The Balaban J connectivity index is 2.10. The van der Waals surface area contributed by atoms with Crippen molar-refractivity contribution in [3.63, 3.8) is 0 Å². The standard InChI is InChI=1S/C16H25NO2/c1-4-12-19-14-8-6-13(7-9-14)15(17-2)16(18-3)10-5-11-16/h6-9,15,17H,4-5,10-12H2,1-3H3. The van der Waals surface area contributed by atoms with E-state index in [9.17, 15) is 0 Å². The van der Waals surface area contributed by atoms with Crippen LogP contribution in [0.15, 0.2) is 24.3 Å². The van der Waals surface area contributed by atoms with Gasteiger partial charge in [0.15, 0.2) is 0 Å². The Morgan fingerprint density at radius 3 is 2.37 bits per heavy atom. The topological polar surface area (TPSA) is 30.5 Å². The van der Waals surface area contributed by atoms with E-state index in [2.05, 4.69) is 36.5 Å². The molecule has 19 heavy (non-hydrogen) atoms. The minimum Gasteiger partial charge on any atom is -0.494 e. The molecule has 0 bridgehead atoms. The zero-order valence-corrected chi connectivity index (χ0v) is 12.2. The van der Waals surface area contributed by atoms with E-state index in [0.29, 0.717) is 0 Å². The van der Waals surface area contributed by atoms with Crippen LogP contribution in [0.1, 0.15) is 44.2 Å². The van der Waals surface area contributed by atoms with E-state index in [4.69, 9.17) is 9.47 Å². The molecule has 3 nitrogen and oxygen atoms in total. The normalized spacial score (nSPS) is 18.7. The highest BCUT2D eigenvalue weighted by molar-refractivity contribution is 5.31. The second kappa shape index (κ2) is 6.40. The van der Waals surface area contributed by atoms with Crippen molar-refractivity contribution in [1.29, 1.82) is 0 Å². The van der Waals surface area contributed by atoms with Gasteiger partial charge >= 0.3 is 0 Å². The van der Waals surface area contributed by atoms with Crippen LogP contribution in [-0.2, 0) is 4.74 Å². The van der Waals surface area contributed by atoms with Crippen molar-refractivity contribution in [1.82, 2.24) is 5.32 Å². The summed E-state index contributed by atoms with van der Waals surface area (Å²) in [6.07, 6.45) is 4.55. The van der Waals surface area contributed by atoms with E-state index in [1.165, 1.54) is 12.0 Å². The summed E-state index contributed by atoms with van der Waals surface area (Å²) in [6.45, 7) is 2.89. The van der Waals surface area contributed by atoms with Crippen molar-refractivity contribution >= 4 is 0 Å². The average Bonchev–Trinajstić information content (AvgIpc) is 2.41. The van der Waals surface area contributed by atoms with Crippen LogP contribution in [0.2, 0.25) is 0 Å². The minimum absolute atomic E-state index is 0.0272. The molecule has 0 heterocycles. The average molecular weight is 263 g/mol. The number of hydrogen-bond donors (Lipinski definition) is 1. The highest BCUT2D eigenvalue weighted by Gasteiger charge is 2.44. The lowest BCUT2D eigenvalue weighted by Gasteiger charge is -2.46. The van der Waals surface area contributed by atoms with Gasteiger partial charge in [-0.1, -0.05) is 19.1 Å². The Morgan fingerprint density at radius 1 is 1.26 bits per heavy atom. The molecule has 1 aliphatic carbocycles. The number of nitrogens with one attached hydrogen (secondary N) is 1. The summed E-state index contributed by atoms with van der Waals surface area (Å²) in [5, 5.41) is 3.41. The van der Waals surface area contributed by atoms with E-state index in [-0.39, 0.29) is 11.6 Å². The van der Waals surface area contributed by atoms with Gasteiger partial charge in [0.05, 0.1) is 18.2 Å². The molecule has 0 saturated heterocycles. The molecular formula is C16H25NO2. The summed E-state index contributed by atoms with van der Waals surface area (Å²) in [5.74, 6) is 0.945. The van der Waals surface area contributed by atoms with E-state index in [0.717, 1.165) is 31.6 Å². The summed E-state index contributed by atoms with van der Waals surface area (Å²) >= 11 is 0. The van der Waals surface area contributed by atoms with Gasteiger partial charge < -0.3 is 14.8 Å². The number of ether oxygens (including phenoxy) is 2. The molecule has 1 aromatic carbocycles. The van der Waals surface area contributed by atoms with E-state index >= 15 is 0 Å². The number of benzene rings is 1. The van der Waals surface area contributed by atoms with Gasteiger partial charge in [-0.15, -0.1) is 0 Å². The number of methoxy groups -OCH3 is 1. The zero-order chi connectivity index (χ0) is 13.7.